The molecule has 2 heterocycles. The molecule has 0 aliphatic rings. The summed E-state index contributed by atoms with van der Waals surface area (Å²) in [7, 11) is 1.94. The number of nitrogens with one attached hydrogen (secondary N) is 1. The van der Waals surface area contributed by atoms with Crippen LogP contribution in [0, 0.1) is 0 Å². The number of thiophene rings is 1. The second-order valence-corrected chi connectivity index (χ2v) is 5.79. The predicted octanol–water partition coefficient (Wildman–Crippen LogP) is 3.81. The van der Waals surface area contributed by atoms with Gasteiger partial charge in [0.15, 0.2) is 0 Å². The fourth-order valence-corrected chi connectivity index (χ4v) is 3.14. The van der Waals surface area contributed by atoms with Crippen molar-refractivity contribution in [3.63, 3.8) is 0 Å². The highest BCUT2D eigenvalue weighted by Gasteiger charge is 2.10. The van der Waals surface area contributed by atoms with Crippen LogP contribution in [-0.4, -0.2) is 12.0 Å². The molecule has 0 saturated carbocycles. The quantitative estimate of drug-likeness (QED) is 0.906. The molecule has 5 heteroatoms. The number of thiazole rings is 1. The second-order valence-electron chi connectivity index (χ2n) is 3.19. The van der Waals surface area contributed by atoms with Crippen LogP contribution in [0.5, 0.6) is 0 Å². The predicted molar refractivity (Wildman–Crippen MR) is 67.9 cm³/mol. The molecule has 0 spiro atoms. The number of hydrogen-bond donors (Lipinski definition) is 1. The van der Waals surface area contributed by atoms with E-state index in [1.165, 1.54) is 0 Å². The van der Waals surface area contributed by atoms with Crippen molar-refractivity contribution in [2.24, 2.45) is 0 Å². The summed E-state index contributed by atoms with van der Waals surface area (Å²) >= 11 is 9.13. The molecule has 2 rings (SSSR count). The SMILES string of the molecule is CNC(C)c1nc(-c2ccc(Cl)s2)cs1. The molecular weight excluding hydrogens is 248 g/mol. The van der Waals surface area contributed by atoms with E-state index in [-0.39, 0.29) is 0 Å². The Hall–Kier alpha value is -0.420. The third-order valence-electron chi connectivity index (χ3n) is 2.15. The molecule has 2 nitrogen and oxygen atoms in total. The molecule has 0 radical (unpaired) electrons. The summed E-state index contributed by atoms with van der Waals surface area (Å²) in [5.41, 5.74) is 1.02. The lowest BCUT2D eigenvalue weighted by Gasteiger charge is -2.04. The summed E-state index contributed by atoms with van der Waals surface area (Å²) in [4.78, 5) is 5.70. The van der Waals surface area contributed by atoms with Gasteiger partial charge in [-0.1, -0.05) is 11.6 Å². The van der Waals surface area contributed by atoms with Gasteiger partial charge in [0.25, 0.3) is 0 Å². The molecule has 0 fully saturated rings. The Balaban J connectivity index is 2.27. The van der Waals surface area contributed by atoms with E-state index in [4.69, 9.17) is 11.6 Å². The number of hydrogen-bond acceptors (Lipinski definition) is 4. The van der Waals surface area contributed by atoms with E-state index in [0.717, 1.165) is 19.9 Å². The smallest absolute Gasteiger partial charge is 0.110 e. The minimum atomic E-state index is 0.305. The van der Waals surface area contributed by atoms with E-state index < -0.39 is 0 Å². The largest absolute Gasteiger partial charge is 0.311 e. The van der Waals surface area contributed by atoms with Gasteiger partial charge in [-0.3, -0.25) is 0 Å². The van der Waals surface area contributed by atoms with Gasteiger partial charge in [-0.2, -0.15) is 0 Å². The van der Waals surface area contributed by atoms with E-state index >= 15 is 0 Å². The molecule has 0 bridgehead atoms. The average Bonchev–Trinajstić information content (AvgIpc) is 2.84. The molecule has 1 unspecified atom stereocenters. The van der Waals surface area contributed by atoms with Gasteiger partial charge in [0, 0.05) is 5.38 Å². The van der Waals surface area contributed by atoms with Crippen LogP contribution in [0.4, 0.5) is 0 Å². The first-order chi connectivity index (χ1) is 7.20. The summed E-state index contributed by atoms with van der Waals surface area (Å²) in [6.45, 7) is 2.10. The zero-order valence-electron chi connectivity index (χ0n) is 8.45. The van der Waals surface area contributed by atoms with E-state index in [2.05, 4.69) is 22.6 Å². The van der Waals surface area contributed by atoms with Gasteiger partial charge < -0.3 is 5.32 Å². The van der Waals surface area contributed by atoms with Crippen molar-refractivity contribution in [1.29, 1.82) is 0 Å². The topological polar surface area (TPSA) is 24.9 Å². The molecule has 2 aromatic rings. The fraction of sp³-hybridized carbons (Fsp3) is 0.300. The van der Waals surface area contributed by atoms with Crippen LogP contribution < -0.4 is 5.32 Å². The molecule has 0 aromatic carbocycles. The Morgan fingerprint density at radius 2 is 2.27 bits per heavy atom. The molecule has 80 valence electrons. The Morgan fingerprint density at radius 1 is 1.47 bits per heavy atom. The highest BCUT2D eigenvalue weighted by atomic mass is 35.5. The number of rotatable bonds is 3. The molecular formula is C10H11ClN2S2. The molecule has 0 aliphatic heterocycles. The van der Waals surface area contributed by atoms with Crippen LogP contribution in [0.2, 0.25) is 4.34 Å². The summed E-state index contributed by atoms with van der Waals surface area (Å²) in [5, 5.41) is 6.36. The monoisotopic (exact) mass is 258 g/mol. The second kappa shape index (κ2) is 4.61. The van der Waals surface area contributed by atoms with Crippen molar-refractivity contribution >= 4 is 34.3 Å². The molecule has 15 heavy (non-hydrogen) atoms. The van der Waals surface area contributed by atoms with Gasteiger partial charge in [0.1, 0.15) is 5.01 Å². The third-order valence-corrected chi connectivity index (χ3v) is 4.43. The summed E-state index contributed by atoms with van der Waals surface area (Å²) in [6.07, 6.45) is 0. The molecule has 2 aromatic heterocycles. The van der Waals surface area contributed by atoms with E-state index in [1.807, 2.05) is 19.2 Å². The lowest BCUT2D eigenvalue weighted by Crippen LogP contribution is -2.11. The first kappa shape index (κ1) is 11.1. The van der Waals surface area contributed by atoms with Crippen LogP contribution in [0.1, 0.15) is 18.0 Å². The maximum absolute atomic E-state index is 5.89. The molecule has 1 atom stereocenters. The van der Waals surface area contributed by atoms with Crippen molar-refractivity contribution in [2.75, 3.05) is 7.05 Å². The van der Waals surface area contributed by atoms with E-state index in [0.29, 0.717) is 6.04 Å². The summed E-state index contributed by atoms with van der Waals surface area (Å²) in [5.74, 6) is 0. The normalized spacial score (nSPS) is 13.0. The molecule has 0 aliphatic carbocycles. The van der Waals surface area contributed by atoms with Gasteiger partial charge in [-0.05, 0) is 26.1 Å². The Kier molecular flexibility index (Phi) is 3.41. The maximum Gasteiger partial charge on any atom is 0.110 e. The van der Waals surface area contributed by atoms with Gasteiger partial charge in [0.05, 0.1) is 20.9 Å². The van der Waals surface area contributed by atoms with Crippen LogP contribution >= 0.6 is 34.3 Å². The zero-order valence-corrected chi connectivity index (χ0v) is 10.8. The van der Waals surface area contributed by atoms with Crippen LogP contribution in [0.25, 0.3) is 10.6 Å². The van der Waals surface area contributed by atoms with Crippen molar-refractivity contribution < 1.29 is 0 Å². The minimum Gasteiger partial charge on any atom is -0.311 e. The van der Waals surface area contributed by atoms with Crippen molar-refractivity contribution in [3.05, 3.63) is 26.9 Å². The van der Waals surface area contributed by atoms with Crippen LogP contribution in [0.3, 0.4) is 0 Å². The molecule has 1 N–H and O–H groups in total. The van der Waals surface area contributed by atoms with Crippen LogP contribution in [0.15, 0.2) is 17.5 Å². The number of nitrogens with zero attached hydrogens (tertiary/aromatic N) is 1. The van der Waals surface area contributed by atoms with Gasteiger partial charge in [0.2, 0.25) is 0 Å². The van der Waals surface area contributed by atoms with Gasteiger partial charge in [-0.25, -0.2) is 4.98 Å². The van der Waals surface area contributed by atoms with Gasteiger partial charge >= 0.3 is 0 Å². The molecule has 0 saturated heterocycles. The summed E-state index contributed by atoms with van der Waals surface area (Å²) in [6, 6.07) is 4.22. The third kappa shape index (κ3) is 2.39. The Morgan fingerprint density at radius 3 is 2.87 bits per heavy atom. The standard InChI is InChI=1S/C10H11ClN2S2/c1-6(12-2)10-13-7(5-14-10)8-3-4-9(11)15-8/h3-6,12H,1-2H3. The zero-order chi connectivity index (χ0) is 10.8. The average molecular weight is 259 g/mol. The minimum absolute atomic E-state index is 0.305. The van der Waals surface area contributed by atoms with E-state index in [1.54, 1.807) is 22.7 Å². The fourth-order valence-electron chi connectivity index (χ4n) is 1.18. The first-order valence-corrected chi connectivity index (χ1v) is 6.66. The highest BCUT2D eigenvalue weighted by Crippen LogP contribution is 2.32. The van der Waals surface area contributed by atoms with Crippen molar-refractivity contribution in [3.8, 4) is 10.6 Å². The van der Waals surface area contributed by atoms with Crippen molar-refractivity contribution in [1.82, 2.24) is 10.3 Å². The van der Waals surface area contributed by atoms with Crippen molar-refractivity contribution in [2.45, 2.75) is 13.0 Å². The first-order valence-electron chi connectivity index (χ1n) is 4.59. The lowest BCUT2D eigenvalue weighted by molar-refractivity contribution is 0.648. The number of halogens is 1. The Bertz CT molecular complexity index is 450. The lowest BCUT2D eigenvalue weighted by atomic mass is 10.3. The number of aromatic nitrogens is 1. The summed E-state index contributed by atoms with van der Waals surface area (Å²) < 4.78 is 0.807. The maximum atomic E-state index is 5.89. The Labute approximate surface area is 102 Å². The van der Waals surface area contributed by atoms with Crippen LogP contribution in [-0.2, 0) is 0 Å². The van der Waals surface area contributed by atoms with Gasteiger partial charge in [-0.15, -0.1) is 22.7 Å². The van der Waals surface area contributed by atoms with E-state index in [9.17, 15) is 0 Å². The molecule has 0 amide bonds. The highest BCUT2D eigenvalue weighted by molar-refractivity contribution is 7.19.